The molecule has 0 aliphatic rings. The van der Waals surface area contributed by atoms with Gasteiger partial charge >= 0.3 is 0 Å². The van der Waals surface area contributed by atoms with E-state index in [4.69, 9.17) is 34.8 Å². The normalized spacial score (nSPS) is 10.6. The maximum absolute atomic E-state index is 11.4. The van der Waals surface area contributed by atoms with Gasteiger partial charge in [-0.1, -0.05) is 29.3 Å². The van der Waals surface area contributed by atoms with Gasteiger partial charge in [0.25, 0.3) is 0 Å². The molecule has 18 heavy (non-hydrogen) atoms. The number of alkyl halides is 1. The van der Waals surface area contributed by atoms with E-state index in [2.05, 4.69) is 4.98 Å². The molecule has 0 bridgehead atoms. The number of hydrogen-bond donors (Lipinski definition) is 0. The van der Waals surface area contributed by atoms with Crippen LogP contribution in [0.2, 0.25) is 10.0 Å². The minimum atomic E-state index is -0.165. The lowest BCUT2D eigenvalue weighted by Gasteiger charge is -2.01. The Morgan fingerprint density at radius 2 is 2.11 bits per heavy atom. The van der Waals surface area contributed by atoms with Crippen LogP contribution in [0, 0.1) is 0 Å². The molecule has 2 rings (SSSR count). The van der Waals surface area contributed by atoms with Crippen LogP contribution in [0.15, 0.2) is 23.6 Å². The van der Waals surface area contributed by atoms with Crippen LogP contribution >= 0.6 is 46.1 Å². The lowest BCUT2D eigenvalue weighted by molar-refractivity contribution is 0.101. The molecule has 1 aromatic carbocycles. The van der Waals surface area contributed by atoms with Gasteiger partial charge in [-0.2, -0.15) is 0 Å². The van der Waals surface area contributed by atoms with Gasteiger partial charge in [0, 0.05) is 21.8 Å². The second-order valence-corrected chi connectivity index (χ2v) is 5.65. The number of rotatable bonds is 4. The Labute approximate surface area is 124 Å². The minimum absolute atomic E-state index is 0.0507. The first-order chi connectivity index (χ1) is 8.60. The first-order valence-electron chi connectivity index (χ1n) is 5.07. The van der Waals surface area contributed by atoms with Crippen molar-refractivity contribution in [2.24, 2.45) is 0 Å². The van der Waals surface area contributed by atoms with E-state index >= 15 is 0 Å². The Hall–Kier alpha value is -0.610. The number of halogens is 3. The van der Waals surface area contributed by atoms with Gasteiger partial charge in [0.1, 0.15) is 5.69 Å². The summed E-state index contributed by atoms with van der Waals surface area (Å²) in [6, 6.07) is 5.33. The molecule has 0 N–H and O–H groups in total. The summed E-state index contributed by atoms with van der Waals surface area (Å²) in [6.45, 7) is 0. The van der Waals surface area contributed by atoms with Crippen LogP contribution in [-0.4, -0.2) is 16.6 Å². The third-order valence-corrected chi connectivity index (χ3v) is 3.99. The summed E-state index contributed by atoms with van der Waals surface area (Å²) < 4.78 is 0. The second-order valence-electron chi connectivity index (χ2n) is 3.60. The summed E-state index contributed by atoms with van der Waals surface area (Å²) >= 11 is 18.8. The smallest absolute Gasteiger partial charge is 0.196 e. The van der Waals surface area contributed by atoms with Crippen molar-refractivity contribution in [2.45, 2.75) is 6.42 Å². The van der Waals surface area contributed by atoms with E-state index in [-0.39, 0.29) is 11.7 Å². The van der Waals surface area contributed by atoms with Crippen molar-refractivity contribution in [2.75, 3.05) is 5.88 Å². The predicted octanol–water partition coefficient (Wildman–Crippen LogP) is 4.46. The molecule has 0 amide bonds. The van der Waals surface area contributed by atoms with Crippen LogP contribution in [0.25, 0.3) is 0 Å². The maximum atomic E-state index is 11.4. The van der Waals surface area contributed by atoms with E-state index in [0.29, 0.717) is 22.2 Å². The van der Waals surface area contributed by atoms with Gasteiger partial charge in [-0.15, -0.1) is 22.9 Å². The standard InChI is InChI=1S/C12H8Cl3NOS/c13-5-11(17)10-6-18-12(16-10)3-7-1-2-8(14)4-9(7)15/h1-2,4,6H,3,5H2. The molecular weight excluding hydrogens is 313 g/mol. The average Bonchev–Trinajstić information content (AvgIpc) is 2.80. The van der Waals surface area contributed by atoms with Gasteiger partial charge in [-0.05, 0) is 17.7 Å². The number of ketones is 1. The molecule has 1 heterocycles. The molecule has 0 saturated heterocycles. The van der Waals surface area contributed by atoms with E-state index in [1.807, 2.05) is 6.07 Å². The van der Waals surface area contributed by atoms with Crippen molar-refractivity contribution < 1.29 is 4.79 Å². The fourth-order valence-electron chi connectivity index (χ4n) is 1.42. The van der Waals surface area contributed by atoms with Crippen LogP contribution < -0.4 is 0 Å². The number of benzene rings is 1. The molecular formula is C12H8Cl3NOS. The molecule has 94 valence electrons. The summed E-state index contributed by atoms with van der Waals surface area (Å²) in [5, 5.41) is 3.74. The van der Waals surface area contributed by atoms with Gasteiger partial charge in [0.05, 0.1) is 10.9 Å². The zero-order chi connectivity index (χ0) is 13.1. The second kappa shape index (κ2) is 6.02. The summed E-state index contributed by atoms with van der Waals surface area (Å²) in [6.07, 6.45) is 0.580. The lowest BCUT2D eigenvalue weighted by Crippen LogP contribution is -2.01. The Bertz CT molecular complexity index is 582. The van der Waals surface area contributed by atoms with Gasteiger partial charge in [0.2, 0.25) is 0 Å². The molecule has 6 heteroatoms. The van der Waals surface area contributed by atoms with Gasteiger partial charge < -0.3 is 0 Å². The molecule has 0 radical (unpaired) electrons. The van der Waals surface area contributed by atoms with Gasteiger partial charge in [-0.3, -0.25) is 4.79 Å². The fourth-order valence-corrected chi connectivity index (χ4v) is 2.85. The lowest BCUT2D eigenvalue weighted by atomic mass is 10.1. The number of carbonyl (C=O) groups excluding carboxylic acids is 1. The number of aromatic nitrogens is 1. The van der Waals surface area contributed by atoms with E-state index in [9.17, 15) is 4.79 Å². The number of hydrogen-bond acceptors (Lipinski definition) is 3. The highest BCUT2D eigenvalue weighted by Crippen LogP contribution is 2.24. The Morgan fingerprint density at radius 1 is 1.33 bits per heavy atom. The predicted molar refractivity (Wildman–Crippen MR) is 76.4 cm³/mol. The van der Waals surface area contributed by atoms with E-state index < -0.39 is 0 Å². The van der Waals surface area contributed by atoms with Gasteiger partial charge in [0.15, 0.2) is 5.78 Å². The van der Waals surface area contributed by atoms with Crippen LogP contribution in [0.5, 0.6) is 0 Å². The van der Waals surface area contributed by atoms with E-state index in [1.54, 1.807) is 17.5 Å². The zero-order valence-electron chi connectivity index (χ0n) is 9.12. The third-order valence-electron chi connectivity index (χ3n) is 2.32. The van der Waals surface area contributed by atoms with Crippen molar-refractivity contribution in [3.8, 4) is 0 Å². The first kappa shape index (κ1) is 13.8. The summed E-state index contributed by atoms with van der Waals surface area (Å²) in [4.78, 5) is 15.6. The quantitative estimate of drug-likeness (QED) is 0.615. The molecule has 0 unspecified atom stereocenters. The first-order valence-corrected chi connectivity index (χ1v) is 7.24. The largest absolute Gasteiger partial charge is 0.291 e. The van der Waals surface area contributed by atoms with Crippen LogP contribution in [0.3, 0.4) is 0 Å². The molecule has 0 saturated carbocycles. The van der Waals surface area contributed by atoms with Gasteiger partial charge in [-0.25, -0.2) is 4.98 Å². The minimum Gasteiger partial charge on any atom is -0.291 e. The van der Waals surface area contributed by atoms with Crippen molar-refractivity contribution in [3.05, 3.63) is 49.9 Å². The van der Waals surface area contributed by atoms with Crippen molar-refractivity contribution in [1.29, 1.82) is 0 Å². The Morgan fingerprint density at radius 3 is 2.78 bits per heavy atom. The summed E-state index contributed by atoms with van der Waals surface area (Å²) in [5.74, 6) is -0.216. The number of carbonyl (C=O) groups is 1. The number of thiazole rings is 1. The Balaban J connectivity index is 2.18. The van der Waals surface area contributed by atoms with Crippen LogP contribution in [-0.2, 0) is 6.42 Å². The molecule has 0 fully saturated rings. The number of Topliss-reactive ketones (excluding diaryl/α,β-unsaturated/α-hetero) is 1. The molecule has 0 spiro atoms. The molecule has 2 nitrogen and oxygen atoms in total. The molecule has 0 atom stereocenters. The third kappa shape index (κ3) is 3.23. The van der Waals surface area contributed by atoms with E-state index in [1.165, 1.54) is 11.3 Å². The Kier molecular flexibility index (Phi) is 4.62. The van der Waals surface area contributed by atoms with Crippen molar-refractivity contribution in [3.63, 3.8) is 0 Å². The monoisotopic (exact) mass is 319 g/mol. The van der Waals surface area contributed by atoms with Crippen molar-refractivity contribution >= 4 is 51.9 Å². The molecule has 1 aromatic heterocycles. The highest BCUT2D eigenvalue weighted by molar-refractivity contribution is 7.09. The average molecular weight is 321 g/mol. The molecule has 0 aliphatic carbocycles. The highest BCUT2D eigenvalue weighted by Gasteiger charge is 2.11. The van der Waals surface area contributed by atoms with Crippen LogP contribution in [0.1, 0.15) is 21.1 Å². The molecule has 2 aromatic rings. The summed E-state index contributed by atoms with van der Waals surface area (Å²) in [7, 11) is 0. The van der Waals surface area contributed by atoms with Crippen molar-refractivity contribution in [1.82, 2.24) is 4.98 Å². The van der Waals surface area contributed by atoms with Crippen LogP contribution in [0.4, 0.5) is 0 Å². The highest BCUT2D eigenvalue weighted by atomic mass is 35.5. The summed E-state index contributed by atoms with van der Waals surface area (Å²) in [5.41, 5.74) is 1.34. The zero-order valence-corrected chi connectivity index (χ0v) is 12.2. The maximum Gasteiger partial charge on any atom is 0.196 e. The fraction of sp³-hybridized carbons (Fsp3) is 0.167. The molecule has 0 aliphatic heterocycles. The van der Waals surface area contributed by atoms with E-state index in [0.717, 1.165) is 10.6 Å². The SMILES string of the molecule is O=C(CCl)c1csc(Cc2ccc(Cl)cc2Cl)n1. The number of nitrogens with zero attached hydrogens (tertiary/aromatic N) is 1. The topological polar surface area (TPSA) is 30.0 Å².